The van der Waals surface area contributed by atoms with Gasteiger partial charge in [-0.15, -0.1) is 0 Å². The maximum absolute atomic E-state index is 12.0. The molecule has 0 aliphatic carbocycles. The minimum atomic E-state index is -0.719. The van der Waals surface area contributed by atoms with E-state index < -0.39 is 12.1 Å². The summed E-state index contributed by atoms with van der Waals surface area (Å²) in [6.07, 6.45) is 1.20. The van der Waals surface area contributed by atoms with Crippen molar-refractivity contribution in [3.05, 3.63) is 52.5 Å². The first-order valence-corrected chi connectivity index (χ1v) is 9.45. The highest BCUT2D eigenvalue weighted by atomic mass is 35.5. The van der Waals surface area contributed by atoms with E-state index in [9.17, 15) is 4.79 Å². The van der Waals surface area contributed by atoms with Gasteiger partial charge < -0.3 is 18.9 Å². The molecular formula is C20H20Cl2O5. The van der Waals surface area contributed by atoms with Crippen LogP contribution in [0.2, 0.25) is 10.0 Å². The summed E-state index contributed by atoms with van der Waals surface area (Å²) >= 11 is 12.0. The van der Waals surface area contributed by atoms with Crippen molar-refractivity contribution in [3.63, 3.8) is 0 Å². The van der Waals surface area contributed by atoms with Gasteiger partial charge in [-0.3, -0.25) is 0 Å². The molecule has 2 atom stereocenters. The summed E-state index contributed by atoms with van der Waals surface area (Å²) in [6.45, 7) is 2.64. The second-order valence-electron chi connectivity index (χ2n) is 6.17. The molecule has 1 fully saturated rings. The van der Waals surface area contributed by atoms with Gasteiger partial charge in [0.2, 0.25) is 0 Å². The van der Waals surface area contributed by atoms with Crippen molar-refractivity contribution in [2.75, 3.05) is 13.2 Å². The Hall–Kier alpha value is -1.95. The van der Waals surface area contributed by atoms with E-state index in [2.05, 4.69) is 0 Å². The molecule has 2 aromatic carbocycles. The molecule has 0 N–H and O–H groups in total. The molecule has 1 saturated heterocycles. The molecule has 0 bridgehead atoms. The largest absolute Gasteiger partial charge is 0.479 e. The summed E-state index contributed by atoms with van der Waals surface area (Å²) in [5.41, 5.74) is 0. The highest BCUT2D eigenvalue weighted by Crippen LogP contribution is 2.32. The predicted octanol–water partition coefficient (Wildman–Crippen LogP) is 5.28. The summed E-state index contributed by atoms with van der Waals surface area (Å²) in [4.78, 5) is 12.0. The van der Waals surface area contributed by atoms with Crippen LogP contribution in [-0.4, -0.2) is 31.4 Å². The van der Waals surface area contributed by atoms with E-state index in [1.807, 2.05) is 0 Å². The molecule has 1 aliphatic heterocycles. The number of hydrogen-bond donors (Lipinski definition) is 0. The van der Waals surface area contributed by atoms with Crippen molar-refractivity contribution in [2.24, 2.45) is 0 Å². The number of ether oxygens (including phenoxy) is 4. The molecular weight excluding hydrogens is 391 g/mol. The molecule has 0 aromatic heterocycles. The fourth-order valence-corrected chi connectivity index (χ4v) is 3.04. The van der Waals surface area contributed by atoms with Crippen LogP contribution in [0.15, 0.2) is 42.5 Å². The number of esters is 1. The highest BCUT2D eigenvalue weighted by molar-refractivity contribution is 6.35. The lowest BCUT2D eigenvalue weighted by Crippen LogP contribution is -2.29. The average Bonchev–Trinajstić information content (AvgIpc) is 3.17. The van der Waals surface area contributed by atoms with Crippen molar-refractivity contribution >= 4 is 29.2 Å². The smallest absolute Gasteiger partial charge is 0.347 e. The molecule has 1 heterocycles. The first-order valence-electron chi connectivity index (χ1n) is 8.69. The monoisotopic (exact) mass is 410 g/mol. The summed E-state index contributed by atoms with van der Waals surface area (Å²) in [7, 11) is 0. The SMILES string of the molecule is C[C@@H](Oc1ccc(Oc2ccc(Cl)cc2Cl)cc1)C(=O)OCC1CCCO1. The van der Waals surface area contributed by atoms with Crippen LogP contribution in [0.3, 0.4) is 0 Å². The van der Waals surface area contributed by atoms with E-state index in [1.165, 1.54) is 0 Å². The van der Waals surface area contributed by atoms with Gasteiger partial charge in [0, 0.05) is 11.6 Å². The summed E-state index contributed by atoms with van der Waals surface area (Å²) in [5.74, 6) is 1.20. The van der Waals surface area contributed by atoms with Crippen molar-refractivity contribution in [1.29, 1.82) is 0 Å². The molecule has 3 rings (SSSR count). The Morgan fingerprint density at radius 3 is 2.59 bits per heavy atom. The molecule has 2 aromatic rings. The highest BCUT2D eigenvalue weighted by Gasteiger charge is 2.21. The minimum Gasteiger partial charge on any atom is -0.479 e. The Balaban J connectivity index is 1.51. The Bertz CT molecular complexity index is 772. The number of benzene rings is 2. The Labute approximate surface area is 168 Å². The van der Waals surface area contributed by atoms with Crippen LogP contribution >= 0.6 is 23.2 Å². The quantitative estimate of drug-likeness (QED) is 0.581. The zero-order valence-corrected chi connectivity index (χ0v) is 16.3. The standard InChI is InChI=1S/C20H20Cl2O5/c1-13(20(23)25-12-17-3-2-10-24-17)26-15-5-7-16(8-6-15)27-19-9-4-14(21)11-18(19)22/h4-9,11,13,17H,2-3,10,12H2,1H3/t13-,17?/m1/s1. The lowest BCUT2D eigenvalue weighted by molar-refractivity contribution is -0.154. The van der Waals surface area contributed by atoms with Crippen molar-refractivity contribution < 1.29 is 23.7 Å². The number of halogens is 2. The van der Waals surface area contributed by atoms with Gasteiger partial charge in [0.25, 0.3) is 0 Å². The van der Waals surface area contributed by atoms with E-state index in [0.29, 0.717) is 27.3 Å². The first-order chi connectivity index (χ1) is 13.0. The van der Waals surface area contributed by atoms with Crippen LogP contribution in [0.1, 0.15) is 19.8 Å². The van der Waals surface area contributed by atoms with E-state index in [-0.39, 0.29) is 12.7 Å². The fourth-order valence-electron chi connectivity index (χ4n) is 2.59. The zero-order valence-electron chi connectivity index (χ0n) is 14.8. The van der Waals surface area contributed by atoms with E-state index in [0.717, 1.165) is 19.4 Å². The lowest BCUT2D eigenvalue weighted by Gasteiger charge is -2.16. The van der Waals surface area contributed by atoms with Gasteiger partial charge in [-0.1, -0.05) is 23.2 Å². The first kappa shape index (κ1) is 19.8. The maximum Gasteiger partial charge on any atom is 0.347 e. The van der Waals surface area contributed by atoms with Crippen molar-refractivity contribution in [2.45, 2.75) is 32.0 Å². The van der Waals surface area contributed by atoms with Gasteiger partial charge in [-0.05, 0) is 62.2 Å². The average molecular weight is 411 g/mol. The molecule has 0 spiro atoms. The van der Waals surface area contributed by atoms with Crippen molar-refractivity contribution in [1.82, 2.24) is 0 Å². The van der Waals surface area contributed by atoms with Gasteiger partial charge in [0.1, 0.15) is 23.9 Å². The second-order valence-corrected chi connectivity index (χ2v) is 7.02. The number of carbonyl (C=O) groups is 1. The molecule has 1 unspecified atom stereocenters. The predicted molar refractivity (Wildman–Crippen MR) is 103 cm³/mol. The maximum atomic E-state index is 12.0. The van der Waals surface area contributed by atoms with Gasteiger partial charge in [0.15, 0.2) is 6.10 Å². The number of carbonyl (C=O) groups excluding carboxylic acids is 1. The van der Waals surface area contributed by atoms with Crippen LogP contribution in [0, 0.1) is 0 Å². The third-order valence-corrected chi connectivity index (χ3v) is 4.56. The molecule has 7 heteroatoms. The van der Waals surface area contributed by atoms with Crippen LogP contribution in [0.5, 0.6) is 17.2 Å². The third kappa shape index (κ3) is 5.76. The third-order valence-electron chi connectivity index (χ3n) is 4.03. The zero-order chi connectivity index (χ0) is 19.2. The van der Waals surface area contributed by atoms with Crippen LogP contribution in [-0.2, 0) is 14.3 Å². The number of rotatable bonds is 7. The van der Waals surface area contributed by atoms with E-state index in [1.54, 1.807) is 49.4 Å². The lowest BCUT2D eigenvalue weighted by atomic mass is 10.2. The molecule has 0 saturated carbocycles. The van der Waals surface area contributed by atoms with Gasteiger partial charge in [-0.25, -0.2) is 4.79 Å². The number of hydrogen-bond acceptors (Lipinski definition) is 5. The normalized spacial score (nSPS) is 17.4. The molecule has 5 nitrogen and oxygen atoms in total. The topological polar surface area (TPSA) is 54.0 Å². The molecule has 27 heavy (non-hydrogen) atoms. The van der Waals surface area contributed by atoms with Gasteiger partial charge in [0.05, 0.1) is 11.1 Å². The molecule has 144 valence electrons. The van der Waals surface area contributed by atoms with Gasteiger partial charge in [-0.2, -0.15) is 0 Å². The van der Waals surface area contributed by atoms with E-state index >= 15 is 0 Å². The summed E-state index contributed by atoms with van der Waals surface area (Å²) < 4.78 is 22.0. The van der Waals surface area contributed by atoms with E-state index in [4.69, 9.17) is 42.1 Å². The Morgan fingerprint density at radius 1 is 1.19 bits per heavy atom. The Kier molecular flexibility index (Phi) is 6.83. The summed E-state index contributed by atoms with van der Waals surface area (Å²) in [6, 6.07) is 11.9. The molecule has 1 aliphatic rings. The Morgan fingerprint density at radius 2 is 1.93 bits per heavy atom. The van der Waals surface area contributed by atoms with Crippen molar-refractivity contribution in [3.8, 4) is 17.2 Å². The van der Waals surface area contributed by atoms with Crippen LogP contribution in [0.25, 0.3) is 0 Å². The second kappa shape index (κ2) is 9.31. The molecule has 0 radical (unpaired) electrons. The fraction of sp³-hybridized carbons (Fsp3) is 0.350. The molecule has 0 amide bonds. The van der Waals surface area contributed by atoms with Gasteiger partial charge >= 0.3 is 5.97 Å². The van der Waals surface area contributed by atoms with Crippen LogP contribution in [0.4, 0.5) is 0 Å². The minimum absolute atomic E-state index is 0.00252. The van der Waals surface area contributed by atoms with Crippen LogP contribution < -0.4 is 9.47 Å². The summed E-state index contributed by atoms with van der Waals surface area (Å²) in [5, 5.41) is 0.960.